The lowest BCUT2D eigenvalue weighted by Crippen LogP contribution is -2.34. The number of hydrogen-bond donors (Lipinski definition) is 3. The molecule has 1 aromatic heterocycles. The number of oxazole rings is 1. The zero-order valence-electron chi connectivity index (χ0n) is 17.5. The van der Waals surface area contributed by atoms with E-state index < -0.39 is 5.91 Å². The van der Waals surface area contributed by atoms with Crippen molar-refractivity contribution in [3.05, 3.63) is 65.2 Å². The van der Waals surface area contributed by atoms with Crippen molar-refractivity contribution >= 4 is 51.6 Å². The van der Waals surface area contributed by atoms with Gasteiger partial charge in [0.15, 0.2) is 10.7 Å². The number of phenolic OH excluding ortho intramolecular Hbond substituents is 1. The molecule has 0 aliphatic rings. The summed E-state index contributed by atoms with van der Waals surface area (Å²) in [5.74, 6) is 0.342. The van der Waals surface area contributed by atoms with Crippen LogP contribution in [-0.4, -0.2) is 35.3 Å². The topological polar surface area (TPSA) is 106 Å². The van der Waals surface area contributed by atoms with E-state index in [2.05, 4.69) is 15.6 Å². The summed E-state index contributed by atoms with van der Waals surface area (Å²) in [6.07, 6.45) is 0. The number of carbonyl (C=O) groups is 1. The number of methoxy groups -OCH3 is 2. The number of carbonyl (C=O) groups excluding carboxylic acids is 1. The van der Waals surface area contributed by atoms with Crippen molar-refractivity contribution in [2.45, 2.75) is 0 Å². The summed E-state index contributed by atoms with van der Waals surface area (Å²) in [4.78, 5) is 17.1. The minimum atomic E-state index is -0.507. The minimum Gasteiger partial charge on any atom is -0.507 e. The van der Waals surface area contributed by atoms with Crippen LogP contribution in [0.5, 0.6) is 17.2 Å². The highest BCUT2D eigenvalue weighted by Crippen LogP contribution is 2.34. The Bertz CT molecular complexity index is 1350. The Morgan fingerprint density at radius 1 is 1.09 bits per heavy atom. The molecule has 0 saturated heterocycles. The maximum absolute atomic E-state index is 12.7. The van der Waals surface area contributed by atoms with Crippen molar-refractivity contribution in [1.29, 1.82) is 0 Å². The quantitative estimate of drug-likeness (QED) is 0.341. The normalized spacial score (nSPS) is 10.6. The van der Waals surface area contributed by atoms with Gasteiger partial charge in [-0.1, -0.05) is 17.7 Å². The van der Waals surface area contributed by atoms with Gasteiger partial charge in [0.1, 0.15) is 28.3 Å². The van der Waals surface area contributed by atoms with E-state index in [9.17, 15) is 9.90 Å². The average molecular weight is 484 g/mol. The Hall–Kier alpha value is -3.82. The van der Waals surface area contributed by atoms with Gasteiger partial charge in [-0.2, -0.15) is 0 Å². The lowest BCUT2D eigenvalue weighted by molar-refractivity contribution is 0.0971. The second-order valence-corrected chi connectivity index (χ2v) is 7.65. The number of nitrogens with one attached hydrogen (secondary N) is 2. The second kappa shape index (κ2) is 9.35. The number of phenols is 1. The molecule has 168 valence electrons. The Morgan fingerprint density at radius 2 is 1.82 bits per heavy atom. The highest BCUT2D eigenvalue weighted by Gasteiger charge is 2.19. The molecule has 0 fully saturated rings. The molecule has 8 nitrogen and oxygen atoms in total. The van der Waals surface area contributed by atoms with Gasteiger partial charge < -0.3 is 24.3 Å². The first-order valence-corrected chi connectivity index (χ1v) is 10.4. The molecule has 4 aromatic rings. The Balaban J connectivity index is 1.50. The molecular weight excluding hydrogens is 466 g/mol. The lowest BCUT2D eigenvalue weighted by atomic mass is 10.1. The van der Waals surface area contributed by atoms with Crippen LogP contribution in [0.3, 0.4) is 0 Å². The van der Waals surface area contributed by atoms with Crippen molar-refractivity contribution in [2.75, 3.05) is 19.5 Å². The van der Waals surface area contributed by atoms with Crippen LogP contribution in [0.1, 0.15) is 10.4 Å². The SMILES string of the molecule is COc1cccc(OC)c1C(=O)NC(=S)Nc1ccc(-c2nc3cc(Cl)ccc3o2)c(O)c1. The number of nitrogens with zero attached hydrogens (tertiary/aromatic N) is 1. The van der Waals surface area contributed by atoms with Gasteiger partial charge >= 0.3 is 0 Å². The fourth-order valence-corrected chi connectivity index (χ4v) is 3.59. The number of rotatable bonds is 5. The van der Waals surface area contributed by atoms with Gasteiger partial charge in [-0.05, 0) is 54.7 Å². The molecule has 0 bridgehead atoms. The van der Waals surface area contributed by atoms with E-state index >= 15 is 0 Å². The van der Waals surface area contributed by atoms with Gasteiger partial charge in [0.2, 0.25) is 5.89 Å². The molecule has 0 aliphatic carbocycles. The third-order valence-corrected chi connectivity index (χ3v) is 5.16. The smallest absolute Gasteiger partial charge is 0.264 e. The van der Waals surface area contributed by atoms with Crippen LogP contribution in [0.4, 0.5) is 5.69 Å². The maximum atomic E-state index is 12.7. The van der Waals surface area contributed by atoms with Gasteiger partial charge in [-0.15, -0.1) is 0 Å². The van der Waals surface area contributed by atoms with E-state index in [4.69, 9.17) is 37.7 Å². The van der Waals surface area contributed by atoms with Crippen molar-refractivity contribution in [3.8, 4) is 28.7 Å². The summed E-state index contributed by atoms with van der Waals surface area (Å²) < 4.78 is 16.2. The van der Waals surface area contributed by atoms with Gasteiger partial charge in [-0.3, -0.25) is 10.1 Å². The summed E-state index contributed by atoms with van der Waals surface area (Å²) in [5.41, 5.74) is 2.18. The van der Waals surface area contributed by atoms with Crippen LogP contribution >= 0.6 is 23.8 Å². The molecule has 0 spiro atoms. The molecule has 0 saturated carbocycles. The predicted molar refractivity (Wildman–Crippen MR) is 129 cm³/mol. The van der Waals surface area contributed by atoms with E-state index in [1.165, 1.54) is 20.3 Å². The first-order chi connectivity index (χ1) is 15.9. The number of thiocarbonyl (C=S) groups is 1. The van der Waals surface area contributed by atoms with E-state index in [1.54, 1.807) is 48.5 Å². The molecule has 0 radical (unpaired) electrons. The summed E-state index contributed by atoms with van der Waals surface area (Å²) in [5, 5.41) is 16.5. The molecule has 33 heavy (non-hydrogen) atoms. The lowest BCUT2D eigenvalue weighted by Gasteiger charge is -2.14. The molecule has 3 aromatic carbocycles. The summed E-state index contributed by atoms with van der Waals surface area (Å²) >= 11 is 11.2. The summed E-state index contributed by atoms with van der Waals surface area (Å²) in [6.45, 7) is 0. The second-order valence-electron chi connectivity index (χ2n) is 6.81. The van der Waals surface area contributed by atoms with Crippen LogP contribution in [0.25, 0.3) is 22.6 Å². The highest BCUT2D eigenvalue weighted by atomic mass is 35.5. The minimum absolute atomic E-state index is 0.0246. The monoisotopic (exact) mass is 483 g/mol. The van der Waals surface area contributed by atoms with Crippen LogP contribution in [-0.2, 0) is 0 Å². The van der Waals surface area contributed by atoms with Crippen molar-refractivity contribution in [2.24, 2.45) is 0 Å². The van der Waals surface area contributed by atoms with E-state index in [-0.39, 0.29) is 22.3 Å². The third-order valence-electron chi connectivity index (χ3n) is 4.72. The van der Waals surface area contributed by atoms with E-state index in [1.807, 2.05) is 0 Å². The zero-order chi connectivity index (χ0) is 23.5. The van der Waals surface area contributed by atoms with Gasteiger partial charge in [0.05, 0.1) is 19.8 Å². The number of anilines is 1. The molecule has 0 unspecified atom stereocenters. The van der Waals surface area contributed by atoms with Crippen LogP contribution in [0, 0.1) is 0 Å². The highest BCUT2D eigenvalue weighted by molar-refractivity contribution is 7.80. The number of aromatic hydroxyl groups is 1. The molecule has 1 amide bonds. The number of amides is 1. The van der Waals surface area contributed by atoms with E-state index in [0.717, 1.165) is 0 Å². The van der Waals surface area contributed by atoms with Crippen LogP contribution in [0.15, 0.2) is 59.0 Å². The summed E-state index contributed by atoms with van der Waals surface area (Å²) in [6, 6.07) is 14.8. The molecule has 1 heterocycles. The molecular formula is C23H18ClN3O5S. The fourth-order valence-electron chi connectivity index (χ4n) is 3.21. The number of hydrogen-bond acceptors (Lipinski definition) is 7. The Morgan fingerprint density at radius 3 is 2.48 bits per heavy atom. The number of aromatic nitrogens is 1. The fraction of sp³-hybridized carbons (Fsp3) is 0.0870. The largest absolute Gasteiger partial charge is 0.507 e. The van der Waals surface area contributed by atoms with Gasteiger partial charge in [0.25, 0.3) is 5.91 Å². The van der Waals surface area contributed by atoms with E-state index in [0.29, 0.717) is 38.9 Å². The number of benzene rings is 3. The van der Waals surface area contributed by atoms with Crippen molar-refractivity contribution in [1.82, 2.24) is 10.3 Å². The van der Waals surface area contributed by atoms with Crippen LogP contribution in [0.2, 0.25) is 5.02 Å². The Labute approximate surface area is 199 Å². The third kappa shape index (κ3) is 4.69. The summed E-state index contributed by atoms with van der Waals surface area (Å²) in [7, 11) is 2.91. The molecule has 10 heteroatoms. The van der Waals surface area contributed by atoms with Gasteiger partial charge in [-0.25, -0.2) is 4.98 Å². The molecule has 4 rings (SSSR count). The molecule has 0 aliphatic heterocycles. The Kier molecular flexibility index (Phi) is 6.34. The number of halogens is 1. The first kappa shape index (κ1) is 22.4. The van der Waals surface area contributed by atoms with Crippen LogP contribution < -0.4 is 20.1 Å². The maximum Gasteiger partial charge on any atom is 0.264 e. The van der Waals surface area contributed by atoms with Crippen molar-refractivity contribution in [3.63, 3.8) is 0 Å². The van der Waals surface area contributed by atoms with Gasteiger partial charge in [0, 0.05) is 16.8 Å². The predicted octanol–water partition coefficient (Wildman–Crippen LogP) is 5.00. The molecule has 3 N–H and O–H groups in total. The van der Waals surface area contributed by atoms with Crippen molar-refractivity contribution < 1.29 is 23.8 Å². The average Bonchev–Trinajstić information content (AvgIpc) is 3.21. The first-order valence-electron chi connectivity index (χ1n) is 9.62. The standard InChI is InChI=1S/C23H18ClN3O5S/c1-30-18-4-3-5-19(31-2)20(18)21(29)27-23(33)25-13-7-8-14(16(28)11-13)22-26-15-10-12(24)6-9-17(15)32-22/h3-11,28H,1-2H3,(H2,25,27,29,33). The number of ether oxygens (including phenoxy) is 2. The molecule has 0 atom stereocenters. The zero-order valence-corrected chi connectivity index (χ0v) is 19.1. The number of fused-ring (bicyclic) bond motifs is 1.